The van der Waals surface area contributed by atoms with E-state index in [2.05, 4.69) is 10.6 Å². The van der Waals surface area contributed by atoms with Crippen LogP contribution in [0.4, 0.5) is 0 Å². The maximum atomic E-state index is 11.6. The first-order valence-corrected chi connectivity index (χ1v) is 6.54. The van der Waals surface area contributed by atoms with Crippen molar-refractivity contribution in [1.82, 2.24) is 10.6 Å². The molecule has 0 aromatic rings. The highest BCUT2D eigenvalue weighted by Gasteiger charge is 2.21. The van der Waals surface area contributed by atoms with Crippen LogP contribution in [0.15, 0.2) is 0 Å². The zero-order chi connectivity index (χ0) is 15.0. The number of amides is 2. The topological polar surface area (TPSA) is 95.5 Å². The number of carboxylic acid groups (broad SMARTS) is 1. The summed E-state index contributed by atoms with van der Waals surface area (Å²) < 4.78 is 0. The molecule has 0 aliphatic rings. The normalized spacial score (nSPS) is 12.3. The van der Waals surface area contributed by atoms with Crippen LogP contribution in [0.5, 0.6) is 0 Å². The van der Waals surface area contributed by atoms with Gasteiger partial charge in [-0.05, 0) is 26.2 Å². The van der Waals surface area contributed by atoms with Gasteiger partial charge in [-0.1, -0.05) is 13.8 Å². The molecule has 19 heavy (non-hydrogen) atoms. The first-order chi connectivity index (χ1) is 8.72. The van der Waals surface area contributed by atoms with E-state index >= 15 is 0 Å². The fourth-order valence-corrected chi connectivity index (χ4v) is 1.58. The SMILES string of the molecule is CC(C)CC(NC(=O)CCC(=O)NC(C)C)C(=O)O. The van der Waals surface area contributed by atoms with Crippen molar-refractivity contribution in [2.45, 2.75) is 59.0 Å². The Labute approximate surface area is 113 Å². The molecular formula is C13H24N2O4. The Hall–Kier alpha value is -1.59. The molecule has 6 nitrogen and oxygen atoms in total. The summed E-state index contributed by atoms with van der Waals surface area (Å²) in [7, 11) is 0. The summed E-state index contributed by atoms with van der Waals surface area (Å²) in [5, 5.41) is 14.1. The first-order valence-electron chi connectivity index (χ1n) is 6.54. The van der Waals surface area contributed by atoms with Gasteiger partial charge in [0, 0.05) is 18.9 Å². The molecule has 1 unspecified atom stereocenters. The Balaban J connectivity index is 4.13. The van der Waals surface area contributed by atoms with Crippen LogP contribution in [0.3, 0.4) is 0 Å². The van der Waals surface area contributed by atoms with Gasteiger partial charge in [-0.2, -0.15) is 0 Å². The largest absolute Gasteiger partial charge is 0.480 e. The molecule has 0 saturated carbocycles. The summed E-state index contributed by atoms with van der Waals surface area (Å²) in [5.74, 6) is -1.49. The van der Waals surface area contributed by atoms with E-state index in [0.29, 0.717) is 6.42 Å². The van der Waals surface area contributed by atoms with E-state index < -0.39 is 17.9 Å². The summed E-state index contributed by atoms with van der Waals surface area (Å²) in [6.07, 6.45) is 0.442. The van der Waals surface area contributed by atoms with Gasteiger partial charge in [-0.3, -0.25) is 9.59 Å². The molecule has 0 aromatic carbocycles. The second-order valence-corrected chi connectivity index (χ2v) is 5.31. The van der Waals surface area contributed by atoms with E-state index in [4.69, 9.17) is 5.11 Å². The molecule has 0 aromatic heterocycles. The van der Waals surface area contributed by atoms with Gasteiger partial charge in [0.1, 0.15) is 6.04 Å². The number of carbonyl (C=O) groups is 3. The Bertz CT molecular complexity index is 327. The van der Waals surface area contributed by atoms with Crippen molar-refractivity contribution in [2.24, 2.45) is 5.92 Å². The number of carbonyl (C=O) groups excluding carboxylic acids is 2. The quantitative estimate of drug-likeness (QED) is 0.612. The van der Waals surface area contributed by atoms with Crippen molar-refractivity contribution < 1.29 is 19.5 Å². The molecule has 0 fully saturated rings. The lowest BCUT2D eigenvalue weighted by molar-refractivity contribution is -0.142. The lowest BCUT2D eigenvalue weighted by Crippen LogP contribution is -2.42. The van der Waals surface area contributed by atoms with Crippen LogP contribution >= 0.6 is 0 Å². The number of carboxylic acids is 1. The van der Waals surface area contributed by atoms with Gasteiger partial charge >= 0.3 is 5.97 Å². The van der Waals surface area contributed by atoms with Gasteiger partial charge in [-0.25, -0.2) is 4.79 Å². The highest BCUT2D eigenvalue weighted by atomic mass is 16.4. The van der Waals surface area contributed by atoms with Gasteiger partial charge < -0.3 is 15.7 Å². The fourth-order valence-electron chi connectivity index (χ4n) is 1.58. The number of hydrogen-bond donors (Lipinski definition) is 3. The predicted molar refractivity (Wildman–Crippen MR) is 71.5 cm³/mol. The van der Waals surface area contributed by atoms with Crippen LogP contribution in [-0.4, -0.2) is 35.0 Å². The molecule has 1 atom stereocenters. The molecule has 6 heteroatoms. The minimum atomic E-state index is -1.05. The monoisotopic (exact) mass is 272 g/mol. The molecule has 0 radical (unpaired) electrons. The zero-order valence-corrected chi connectivity index (χ0v) is 12.0. The van der Waals surface area contributed by atoms with E-state index in [-0.39, 0.29) is 30.7 Å². The summed E-state index contributed by atoms with van der Waals surface area (Å²) in [6, 6.07) is -0.857. The second kappa shape index (κ2) is 8.50. The van der Waals surface area contributed by atoms with Crippen LogP contribution < -0.4 is 10.6 Å². The summed E-state index contributed by atoms with van der Waals surface area (Å²) in [4.78, 5) is 33.9. The highest BCUT2D eigenvalue weighted by Crippen LogP contribution is 2.05. The molecule has 0 aliphatic heterocycles. The molecule has 0 spiro atoms. The lowest BCUT2D eigenvalue weighted by atomic mass is 10.0. The lowest BCUT2D eigenvalue weighted by Gasteiger charge is -2.16. The molecule has 0 rings (SSSR count). The average molecular weight is 272 g/mol. The molecular weight excluding hydrogens is 248 g/mol. The first kappa shape index (κ1) is 17.4. The molecule has 0 aliphatic carbocycles. The Kier molecular flexibility index (Phi) is 7.79. The number of hydrogen-bond acceptors (Lipinski definition) is 3. The summed E-state index contributed by atoms with van der Waals surface area (Å²) in [6.45, 7) is 7.44. The third kappa shape index (κ3) is 9.04. The predicted octanol–water partition coefficient (Wildman–Crippen LogP) is 0.907. The third-order valence-corrected chi connectivity index (χ3v) is 2.37. The van der Waals surface area contributed by atoms with Crippen LogP contribution in [0.25, 0.3) is 0 Å². The molecule has 0 saturated heterocycles. The minimum absolute atomic E-state index is 0.000425. The minimum Gasteiger partial charge on any atom is -0.480 e. The highest BCUT2D eigenvalue weighted by molar-refractivity contribution is 5.86. The number of nitrogens with one attached hydrogen (secondary N) is 2. The van der Waals surface area contributed by atoms with Crippen molar-refractivity contribution in [2.75, 3.05) is 0 Å². The van der Waals surface area contributed by atoms with E-state index in [0.717, 1.165) is 0 Å². The van der Waals surface area contributed by atoms with Crippen molar-refractivity contribution in [3.05, 3.63) is 0 Å². The van der Waals surface area contributed by atoms with Crippen LogP contribution in [-0.2, 0) is 14.4 Å². The van der Waals surface area contributed by atoms with Crippen molar-refractivity contribution in [3.63, 3.8) is 0 Å². The Morgan fingerprint density at radius 1 is 0.947 bits per heavy atom. The maximum Gasteiger partial charge on any atom is 0.326 e. The van der Waals surface area contributed by atoms with Gasteiger partial charge in [-0.15, -0.1) is 0 Å². The maximum absolute atomic E-state index is 11.6. The Morgan fingerprint density at radius 3 is 1.79 bits per heavy atom. The van der Waals surface area contributed by atoms with E-state index in [1.54, 1.807) is 0 Å². The summed E-state index contributed by atoms with van der Waals surface area (Å²) in [5.41, 5.74) is 0. The van der Waals surface area contributed by atoms with Crippen LogP contribution in [0.2, 0.25) is 0 Å². The van der Waals surface area contributed by atoms with Crippen molar-refractivity contribution in [1.29, 1.82) is 0 Å². The summed E-state index contributed by atoms with van der Waals surface area (Å²) >= 11 is 0. The third-order valence-electron chi connectivity index (χ3n) is 2.37. The van der Waals surface area contributed by atoms with E-state index in [9.17, 15) is 14.4 Å². The van der Waals surface area contributed by atoms with Gasteiger partial charge in [0.2, 0.25) is 11.8 Å². The van der Waals surface area contributed by atoms with Gasteiger partial charge in [0.15, 0.2) is 0 Å². The number of aliphatic carboxylic acids is 1. The standard InChI is InChI=1S/C13H24N2O4/c1-8(2)7-10(13(18)19)15-12(17)6-5-11(16)14-9(3)4/h8-10H,5-7H2,1-4H3,(H,14,16)(H,15,17)(H,18,19). The van der Waals surface area contributed by atoms with E-state index in [1.165, 1.54) is 0 Å². The molecule has 2 amide bonds. The van der Waals surface area contributed by atoms with E-state index in [1.807, 2.05) is 27.7 Å². The van der Waals surface area contributed by atoms with Crippen molar-refractivity contribution >= 4 is 17.8 Å². The molecule has 3 N–H and O–H groups in total. The van der Waals surface area contributed by atoms with Crippen molar-refractivity contribution in [3.8, 4) is 0 Å². The van der Waals surface area contributed by atoms with Gasteiger partial charge in [0.05, 0.1) is 0 Å². The van der Waals surface area contributed by atoms with Crippen LogP contribution in [0, 0.1) is 5.92 Å². The molecule has 110 valence electrons. The molecule has 0 heterocycles. The smallest absolute Gasteiger partial charge is 0.326 e. The average Bonchev–Trinajstić information content (AvgIpc) is 2.23. The molecule has 0 bridgehead atoms. The van der Waals surface area contributed by atoms with Crippen LogP contribution in [0.1, 0.15) is 47.0 Å². The second-order valence-electron chi connectivity index (χ2n) is 5.31. The fraction of sp³-hybridized carbons (Fsp3) is 0.769. The van der Waals surface area contributed by atoms with Gasteiger partial charge in [0.25, 0.3) is 0 Å². The Morgan fingerprint density at radius 2 is 1.42 bits per heavy atom. The number of rotatable bonds is 8. The zero-order valence-electron chi connectivity index (χ0n) is 12.0.